The van der Waals surface area contributed by atoms with E-state index < -0.39 is 57.2 Å². The molecule has 5 atom stereocenters. The summed E-state index contributed by atoms with van der Waals surface area (Å²) in [6.07, 6.45) is 1.73. The Kier molecular flexibility index (Phi) is 9.54. The standard InChI is InChI=1S/C23H41N5O7S/c1-7-15-12-23(15,20(31)32)26-19(30)16-10-9-11-28(16)18(29)13-24-21(33)25-17(22(3,4)5)14-27(6)36(34,35)8-2/h7,15-17,19,26,30H,1,8-14H2,2-6H3,(H,31,32)(H2,24,25,33)/t15?,16-,17?,19?,23+/m0/s1. The minimum atomic E-state index is -3.43. The maximum absolute atomic E-state index is 12.9. The second-order valence-corrected chi connectivity index (χ2v) is 13.0. The van der Waals surface area contributed by atoms with Gasteiger partial charge in [0.2, 0.25) is 15.9 Å². The molecule has 2 fully saturated rings. The molecule has 206 valence electrons. The van der Waals surface area contributed by atoms with Crippen LogP contribution in [0.1, 0.15) is 47.0 Å². The van der Waals surface area contributed by atoms with Crippen LogP contribution in [0.2, 0.25) is 0 Å². The topological polar surface area (TPSA) is 168 Å². The normalized spacial score (nSPS) is 25.8. The molecular formula is C23H41N5O7S. The van der Waals surface area contributed by atoms with Gasteiger partial charge in [0.05, 0.1) is 18.3 Å². The number of carbonyl (C=O) groups excluding carboxylic acids is 2. The number of hydrogen-bond donors (Lipinski definition) is 5. The van der Waals surface area contributed by atoms with E-state index in [0.717, 1.165) is 0 Å². The Labute approximate surface area is 213 Å². The number of aliphatic carboxylic acids is 1. The van der Waals surface area contributed by atoms with Gasteiger partial charge in [-0.3, -0.25) is 14.9 Å². The fourth-order valence-electron chi connectivity index (χ4n) is 4.43. The first-order chi connectivity index (χ1) is 16.6. The lowest BCUT2D eigenvalue weighted by Gasteiger charge is -2.34. The summed E-state index contributed by atoms with van der Waals surface area (Å²) in [5.74, 6) is -1.85. The van der Waals surface area contributed by atoms with Crippen LogP contribution < -0.4 is 16.0 Å². The van der Waals surface area contributed by atoms with E-state index >= 15 is 0 Å². The minimum Gasteiger partial charge on any atom is -0.480 e. The van der Waals surface area contributed by atoms with E-state index in [9.17, 15) is 33.0 Å². The van der Waals surface area contributed by atoms with E-state index in [1.54, 1.807) is 6.92 Å². The number of likely N-dealkylation sites (tertiary alicyclic amines) is 1. The summed E-state index contributed by atoms with van der Waals surface area (Å²) in [5, 5.41) is 28.3. The first-order valence-corrected chi connectivity index (χ1v) is 13.8. The third kappa shape index (κ3) is 6.96. The summed E-state index contributed by atoms with van der Waals surface area (Å²) in [5.41, 5.74) is -1.74. The number of nitrogens with one attached hydrogen (secondary N) is 3. The molecule has 0 bridgehead atoms. The smallest absolute Gasteiger partial charge is 0.324 e. The van der Waals surface area contributed by atoms with Crippen molar-refractivity contribution >= 4 is 27.9 Å². The molecule has 3 unspecified atom stereocenters. The molecule has 0 radical (unpaired) electrons. The van der Waals surface area contributed by atoms with Gasteiger partial charge in [-0.15, -0.1) is 6.58 Å². The van der Waals surface area contributed by atoms with Gasteiger partial charge >= 0.3 is 12.0 Å². The molecule has 5 N–H and O–H groups in total. The van der Waals surface area contributed by atoms with Gasteiger partial charge in [-0.2, -0.15) is 0 Å². The highest BCUT2D eigenvalue weighted by Crippen LogP contribution is 2.45. The number of aliphatic hydroxyl groups is 1. The Morgan fingerprint density at radius 1 is 1.31 bits per heavy atom. The molecular weight excluding hydrogens is 490 g/mol. The first kappa shape index (κ1) is 30.0. The zero-order valence-electron chi connectivity index (χ0n) is 21.8. The number of amides is 3. The number of carboxylic acids is 1. The van der Waals surface area contributed by atoms with E-state index in [1.165, 1.54) is 22.3 Å². The van der Waals surface area contributed by atoms with Crippen LogP contribution in [-0.4, -0.2) is 102 Å². The fraction of sp³-hybridized carbons (Fsp3) is 0.783. The maximum Gasteiger partial charge on any atom is 0.324 e. The largest absolute Gasteiger partial charge is 0.480 e. The second-order valence-electron chi connectivity index (χ2n) is 10.6. The monoisotopic (exact) mass is 531 g/mol. The SMILES string of the molecule is C=CC1C[C@]1(NC(O)[C@@H]1CCCN1C(=O)CNC(=O)NC(CN(C)S(=O)(=O)CC)C(C)(C)C)C(=O)O. The Morgan fingerprint density at radius 3 is 2.44 bits per heavy atom. The number of carboxylic acid groups (broad SMARTS) is 1. The Bertz CT molecular complexity index is 951. The zero-order valence-corrected chi connectivity index (χ0v) is 22.6. The zero-order chi connectivity index (χ0) is 27.5. The number of urea groups is 1. The van der Waals surface area contributed by atoms with Crippen molar-refractivity contribution in [3.05, 3.63) is 12.7 Å². The van der Waals surface area contributed by atoms with Crippen molar-refractivity contribution in [2.75, 3.05) is 32.4 Å². The average Bonchev–Trinajstić information content (AvgIpc) is 3.28. The molecule has 1 saturated heterocycles. The summed E-state index contributed by atoms with van der Waals surface area (Å²) >= 11 is 0. The van der Waals surface area contributed by atoms with Crippen LogP contribution >= 0.6 is 0 Å². The minimum absolute atomic E-state index is 0.0550. The maximum atomic E-state index is 12.9. The third-order valence-electron chi connectivity index (χ3n) is 7.10. The van der Waals surface area contributed by atoms with E-state index in [0.29, 0.717) is 25.8 Å². The van der Waals surface area contributed by atoms with Gasteiger partial charge in [-0.1, -0.05) is 26.8 Å². The molecule has 36 heavy (non-hydrogen) atoms. The van der Waals surface area contributed by atoms with Gasteiger partial charge in [-0.05, 0) is 31.6 Å². The van der Waals surface area contributed by atoms with Crippen LogP contribution in [0.4, 0.5) is 4.79 Å². The summed E-state index contributed by atoms with van der Waals surface area (Å²) in [4.78, 5) is 38.6. The van der Waals surface area contributed by atoms with Crippen molar-refractivity contribution in [2.45, 2.75) is 70.8 Å². The summed E-state index contributed by atoms with van der Waals surface area (Å²) in [7, 11) is -1.97. The highest BCUT2D eigenvalue weighted by molar-refractivity contribution is 7.89. The Morgan fingerprint density at radius 2 is 1.94 bits per heavy atom. The number of nitrogens with zero attached hydrogens (tertiary/aromatic N) is 2. The van der Waals surface area contributed by atoms with Gasteiger partial charge in [0.1, 0.15) is 11.8 Å². The lowest BCUT2D eigenvalue weighted by Crippen LogP contribution is -2.57. The number of hydrogen-bond acceptors (Lipinski definition) is 7. The highest BCUT2D eigenvalue weighted by Gasteiger charge is 2.60. The molecule has 3 amide bonds. The molecule has 0 aromatic heterocycles. The van der Waals surface area contributed by atoms with Crippen LogP contribution in [0.5, 0.6) is 0 Å². The Hall–Kier alpha value is -2.22. The van der Waals surface area contributed by atoms with Crippen LogP contribution in [0, 0.1) is 11.3 Å². The predicted octanol–water partition coefficient (Wildman–Crippen LogP) is -0.0899. The number of likely N-dealkylation sites (N-methyl/N-ethyl adjacent to an activating group) is 1. The second kappa shape index (κ2) is 11.4. The van der Waals surface area contributed by atoms with Crippen molar-refractivity contribution in [1.82, 2.24) is 25.2 Å². The molecule has 1 saturated carbocycles. The molecule has 2 rings (SSSR count). The van der Waals surface area contributed by atoms with Gasteiger partial charge in [0.25, 0.3) is 0 Å². The summed E-state index contributed by atoms with van der Waals surface area (Å²) in [6.45, 7) is 10.9. The van der Waals surface area contributed by atoms with Crippen molar-refractivity contribution in [1.29, 1.82) is 0 Å². The van der Waals surface area contributed by atoms with Crippen LogP contribution in [0.15, 0.2) is 12.7 Å². The van der Waals surface area contributed by atoms with Gasteiger partial charge < -0.3 is 25.7 Å². The highest BCUT2D eigenvalue weighted by atomic mass is 32.2. The van der Waals surface area contributed by atoms with Crippen molar-refractivity contribution in [3.8, 4) is 0 Å². The molecule has 1 aliphatic carbocycles. The fourth-order valence-corrected chi connectivity index (χ4v) is 5.25. The molecule has 1 aliphatic heterocycles. The van der Waals surface area contributed by atoms with Crippen molar-refractivity contribution in [3.63, 3.8) is 0 Å². The molecule has 0 aromatic rings. The van der Waals surface area contributed by atoms with E-state index in [1.807, 2.05) is 20.8 Å². The number of rotatable bonds is 12. The quantitative estimate of drug-likeness (QED) is 0.172. The average molecular weight is 532 g/mol. The van der Waals surface area contributed by atoms with Gasteiger partial charge in [-0.25, -0.2) is 17.5 Å². The van der Waals surface area contributed by atoms with Gasteiger partial charge in [0, 0.05) is 32.1 Å². The number of aliphatic hydroxyl groups excluding tert-OH is 1. The summed E-state index contributed by atoms with van der Waals surface area (Å²) < 4.78 is 25.5. The third-order valence-corrected chi connectivity index (χ3v) is 8.93. The number of carbonyl (C=O) groups is 3. The molecule has 0 spiro atoms. The lowest BCUT2D eigenvalue weighted by atomic mass is 9.87. The summed E-state index contributed by atoms with van der Waals surface area (Å²) in [6, 6.07) is -1.76. The van der Waals surface area contributed by atoms with Crippen LogP contribution in [-0.2, 0) is 19.6 Å². The van der Waals surface area contributed by atoms with Crippen LogP contribution in [0.25, 0.3) is 0 Å². The molecule has 1 heterocycles. The van der Waals surface area contributed by atoms with Crippen molar-refractivity contribution in [2.24, 2.45) is 11.3 Å². The van der Waals surface area contributed by atoms with E-state index in [2.05, 4.69) is 22.5 Å². The van der Waals surface area contributed by atoms with E-state index in [-0.39, 0.29) is 24.8 Å². The Balaban J connectivity index is 1.95. The molecule has 12 nitrogen and oxygen atoms in total. The predicted molar refractivity (Wildman–Crippen MR) is 134 cm³/mol. The number of sulfonamides is 1. The van der Waals surface area contributed by atoms with E-state index in [4.69, 9.17) is 0 Å². The first-order valence-electron chi connectivity index (χ1n) is 12.2. The molecule has 13 heteroatoms. The van der Waals surface area contributed by atoms with Crippen molar-refractivity contribution < 1.29 is 33.0 Å². The molecule has 0 aromatic carbocycles. The lowest BCUT2D eigenvalue weighted by molar-refractivity contribution is -0.143. The van der Waals surface area contributed by atoms with Crippen LogP contribution in [0.3, 0.4) is 0 Å². The molecule has 2 aliphatic rings. The van der Waals surface area contributed by atoms with Gasteiger partial charge in [0.15, 0.2) is 0 Å².